The molecule has 0 atom stereocenters. The lowest BCUT2D eigenvalue weighted by molar-refractivity contribution is 0.499. The van der Waals surface area contributed by atoms with Crippen molar-refractivity contribution in [2.45, 2.75) is 45.8 Å². The zero-order chi connectivity index (χ0) is 14.7. The maximum absolute atomic E-state index is 5.46. The molecule has 1 N–H and O–H groups in total. The van der Waals surface area contributed by atoms with Crippen molar-refractivity contribution < 1.29 is 4.42 Å². The van der Waals surface area contributed by atoms with Gasteiger partial charge >= 0.3 is 0 Å². The van der Waals surface area contributed by atoms with Crippen LogP contribution in [-0.4, -0.2) is 22.6 Å². The van der Waals surface area contributed by atoms with Crippen LogP contribution in [0.4, 0.5) is 5.95 Å². The summed E-state index contributed by atoms with van der Waals surface area (Å²) < 4.78 is 5.46. The van der Waals surface area contributed by atoms with Crippen molar-refractivity contribution in [3.8, 4) is 0 Å². The number of anilines is 1. The van der Waals surface area contributed by atoms with E-state index in [-0.39, 0.29) is 0 Å². The third-order valence-corrected chi connectivity index (χ3v) is 3.78. The van der Waals surface area contributed by atoms with Gasteiger partial charge < -0.3 is 14.6 Å². The summed E-state index contributed by atoms with van der Waals surface area (Å²) >= 11 is 0. The SMILES string of the molecule is CCNCc1cnc(N(Cc2ccco2)C2CC2)nc1C. The van der Waals surface area contributed by atoms with Crippen LogP contribution in [0.15, 0.2) is 29.0 Å². The normalized spacial score (nSPS) is 14.4. The second-order valence-corrected chi connectivity index (χ2v) is 5.50. The highest BCUT2D eigenvalue weighted by Gasteiger charge is 2.31. The lowest BCUT2D eigenvalue weighted by Gasteiger charge is -2.22. The average Bonchev–Trinajstić information content (AvgIpc) is 3.20. The van der Waals surface area contributed by atoms with Crippen molar-refractivity contribution in [3.63, 3.8) is 0 Å². The summed E-state index contributed by atoms with van der Waals surface area (Å²) in [5.74, 6) is 1.77. The molecule has 112 valence electrons. The second kappa shape index (κ2) is 6.26. The Morgan fingerprint density at radius 3 is 2.90 bits per heavy atom. The van der Waals surface area contributed by atoms with Crippen molar-refractivity contribution in [3.05, 3.63) is 41.6 Å². The first-order valence-electron chi connectivity index (χ1n) is 7.60. The van der Waals surface area contributed by atoms with E-state index in [0.717, 1.165) is 42.6 Å². The van der Waals surface area contributed by atoms with Gasteiger partial charge in [0.05, 0.1) is 12.8 Å². The Morgan fingerprint density at radius 1 is 1.43 bits per heavy atom. The van der Waals surface area contributed by atoms with Crippen molar-refractivity contribution >= 4 is 5.95 Å². The molecule has 0 aromatic carbocycles. The van der Waals surface area contributed by atoms with Crippen LogP contribution in [0.5, 0.6) is 0 Å². The lowest BCUT2D eigenvalue weighted by atomic mass is 10.2. The maximum atomic E-state index is 5.46. The second-order valence-electron chi connectivity index (χ2n) is 5.50. The van der Waals surface area contributed by atoms with Crippen molar-refractivity contribution in [1.82, 2.24) is 15.3 Å². The van der Waals surface area contributed by atoms with Gasteiger partial charge in [0.2, 0.25) is 5.95 Å². The highest BCUT2D eigenvalue weighted by atomic mass is 16.3. The zero-order valence-corrected chi connectivity index (χ0v) is 12.7. The Morgan fingerprint density at radius 2 is 2.29 bits per heavy atom. The van der Waals surface area contributed by atoms with Crippen LogP contribution in [0.3, 0.4) is 0 Å². The summed E-state index contributed by atoms with van der Waals surface area (Å²) in [4.78, 5) is 11.5. The van der Waals surface area contributed by atoms with Crippen LogP contribution in [0.2, 0.25) is 0 Å². The summed E-state index contributed by atoms with van der Waals surface area (Å²) in [6.45, 7) is 6.67. The van der Waals surface area contributed by atoms with E-state index in [0.29, 0.717) is 6.04 Å². The van der Waals surface area contributed by atoms with Crippen LogP contribution >= 0.6 is 0 Å². The molecule has 1 aliphatic rings. The van der Waals surface area contributed by atoms with Gasteiger partial charge in [-0.3, -0.25) is 0 Å². The van der Waals surface area contributed by atoms with E-state index in [4.69, 9.17) is 9.40 Å². The van der Waals surface area contributed by atoms with E-state index in [2.05, 4.69) is 29.0 Å². The molecular formula is C16H22N4O. The molecule has 0 radical (unpaired) electrons. The third-order valence-electron chi connectivity index (χ3n) is 3.78. The van der Waals surface area contributed by atoms with E-state index in [1.807, 2.05) is 18.3 Å². The van der Waals surface area contributed by atoms with Gasteiger partial charge in [0.25, 0.3) is 0 Å². The largest absolute Gasteiger partial charge is 0.467 e. The minimum atomic E-state index is 0.550. The number of hydrogen-bond acceptors (Lipinski definition) is 5. The van der Waals surface area contributed by atoms with Gasteiger partial charge in [-0.25, -0.2) is 9.97 Å². The molecule has 2 aromatic heterocycles. The number of hydrogen-bond donors (Lipinski definition) is 1. The molecule has 5 heteroatoms. The molecule has 2 aromatic rings. The number of aromatic nitrogens is 2. The molecular weight excluding hydrogens is 264 g/mol. The maximum Gasteiger partial charge on any atom is 0.226 e. The van der Waals surface area contributed by atoms with Crippen LogP contribution in [0.1, 0.15) is 36.8 Å². The molecule has 0 amide bonds. The Balaban J connectivity index is 1.77. The van der Waals surface area contributed by atoms with E-state index in [1.54, 1.807) is 6.26 Å². The molecule has 1 aliphatic carbocycles. The number of aryl methyl sites for hydroxylation is 1. The summed E-state index contributed by atoms with van der Waals surface area (Å²) in [5, 5.41) is 3.32. The number of nitrogens with zero attached hydrogens (tertiary/aromatic N) is 3. The van der Waals surface area contributed by atoms with Gasteiger partial charge in [-0.05, 0) is 38.4 Å². The fraction of sp³-hybridized carbons (Fsp3) is 0.500. The van der Waals surface area contributed by atoms with Crippen LogP contribution < -0.4 is 10.2 Å². The monoisotopic (exact) mass is 286 g/mol. The highest BCUT2D eigenvalue weighted by molar-refractivity contribution is 5.37. The van der Waals surface area contributed by atoms with Crippen molar-refractivity contribution in [2.24, 2.45) is 0 Å². The van der Waals surface area contributed by atoms with E-state index in [9.17, 15) is 0 Å². The van der Waals surface area contributed by atoms with Gasteiger partial charge in [-0.1, -0.05) is 6.92 Å². The predicted molar refractivity (Wildman–Crippen MR) is 82.1 cm³/mol. The molecule has 5 nitrogen and oxygen atoms in total. The molecule has 0 spiro atoms. The first-order chi connectivity index (χ1) is 10.3. The van der Waals surface area contributed by atoms with Crippen molar-refractivity contribution in [2.75, 3.05) is 11.4 Å². The van der Waals surface area contributed by atoms with Gasteiger partial charge in [-0.15, -0.1) is 0 Å². The van der Waals surface area contributed by atoms with Gasteiger partial charge in [0.15, 0.2) is 0 Å². The molecule has 21 heavy (non-hydrogen) atoms. The number of rotatable bonds is 7. The number of nitrogens with one attached hydrogen (secondary N) is 1. The molecule has 1 fully saturated rings. The summed E-state index contributed by atoms with van der Waals surface area (Å²) in [7, 11) is 0. The lowest BCUT2D eigenvalue weighted by Crippen LogP contribution is -2.27. The molecule has 0 unspecified atom stereocenters. The quantitative estimate of drug-likeness (QED) is 0.848. The minimum Gasteiger partial charge on any atom is -0.467 e. The first kappa shape index (κ1) is 14.1. The van der Waals surface area contributed by atoms with Gasteiger partial charge in [0, 0.05) is 30.0 Å². The topological polar surface area (TPSA) is 54.2 Å². The smallest absolute Gasteiger partial charge is 0.226 e. The van der Waals surface area contributed by atoms with Crippen LogP contribution in [-0.2, 0) is 13.1 Å². The third kappa shape index (κ3) is 3.42. The summed E-state index contributed by atoms with van der Waals surface area (Å²) in [5.41, 5.74) is 2.21. The fourth-order valence-corrected chi connectivity index (χ4v) is 2.37. The van der Waals surface area contributed by atoms with Gasteiger partial charge in [-0.2, -0.15) is 0 Å². The standard InChI is InChI=1S/C16H22N4O/c1-3-17-9-13-10-18-16(19-12(13)2)20(14-6-7-14)11-15-5-4-8-21-15/h4-5,8,10,14,17H,3,6-7,9,11H2,1-2H3. The van der Waals surface area contributed by atoms with Crippen molar-refractivity contribution in [1.29, 1.82) is 0 Å². The zero-order valence-electron chi connectivity index (χ0n) is 12.7. The molecule has 2 heterocycles. The summed E-state index contributed by atoms with van der Waals surface area (Å²) in [6, 6.07) is 4.47. The molecule has 3 rings (SSSR count). The molecule has 0 bridgehead atoms. The van der Waals surface area contributed by atoms with E-state index >= 15 is 0 Å². The Kier molecular flexibility index (Phi) is 4.20. The predicted octanol–water partition coefficient (Wildman–Crippen LogP) is 2.66. The molecule has 1 saturated carbocycles. The first-order valence-corrected chi connectivity index (χ1v) is 7.60. The summed E-state index contributed by atoms with van der Waals surface area (Å²) in [6.07, 6.45) is 6.08. The molecule has 0 saturated heterocycles. The average molecular weight is 286 g/mol. The Labute approximate surface area is 125 Å². The fourth-order valence-electron chi connectivity index (χ4n) is 2.37. The van der Waals surface area contributed by atoms with Gasteiger partial charge in [0.1, 0.15) is 5.76 Å². The highest BCUT2D eigenvalue weighted by Crippen LogP contribution is 2.31. The van der Waals surface area contributed by atoms with Crippen LogP contribution in [0, 0.1) is 6.92 Å². The minimum absolute atomic E-state index is 0.550. The Hall–Kier alpha value is -1.88. The molecule has 0 aliphatic heterocycles. The Bertz CT molecular complexity index is 578. The number of furan rings is 1. The van der Waals surface area contributed by atoms with E-state index in [1.165, 1.54) is 12.8 Å². The van der Waals surface area contributed by atoms with E-state index < -0.39 is 0 Å². The van der Waals surface area contributed by atoms with Crippen LogP contribution in [0.25, 0.3) is 0 Å².